The van der Waals surface area contributed by atoms with Gasteiger partial charge < -0.3 is 19.6 Å². The molecule has 1 saturated heterocycles. The molecule has 1 aromatic heterocycles. The molecule has 224 valence electrons. The number of benzene rings is 2. The van der Waals surface area contributed by atoms with Crippen molar-refractivity contribution in [3.8, 4) is 5.75 Å². The number of carbonyl (C=O) groups is 2. The number of nitrogens with one attached hydrogen (secondary N) is 1. The number of piperazine rings is 1. The van der Waals surface area contributed by atoms with Crippen molar-refractivity contribution in [2.45, 2.75) is 48.2 Å². The second-order valence-corrected chi connectivity index (χ2v) is 12.9. The fourth-order valence-electron chi connectivity index (χ4n) is 5.00. The van der Waals surface area contributed by atoms with Gasteiger partial charge in [-0.2, -0.15) is 0 Å². The number of thiazole rings is 1. The van der Waals surface area contributed by atoms with E-state index in [1.807, 2.05) is 61.2 Å². The monoisotopic (exact) mass is 609 g/mol. The summed E-state index contributed by atoms with van der Waals surface area (Å²) >= 11 is 2.88. The highest BCUT2D eigenvalue weighted by atomic mass is 32.2. The zero-order valence-electron chi connectivity index (χ0n) is 24.8. The minimum atomic E-state index is -0.730. The summed E-state index contributed by atoms with van der Waals surface area (Å²) in [5.74, 6) is 0.215. The molecule has 0 radical (unpaired) electrons. The van der Waals surface area contributed by atoms with Crippen LogP contribution < -0.4 is 10.1 Å². The van der Waals surface area contributed by atoms with Crippen LogP contribution >= 0.6 is 23.1 Å². The third-order valence-electron chi connectivity index (χ3n) is 7.17. The normalized spacial score (nSPS) is 16.4. The van der Waals surface area contributed by atoms with E-state index in [4.69, 9.17) is 4.74 Å². The molecule has 2 N–H and O–H groups in total. The number of aryl methyl sites for hydroxylation is 1. The van der Waals surface area contributed by atoms with Gasteiger partial charge in [0.2, 0.25) is 0 Å². The van der Waals surface area contributed by atoms with Crippen LogP contribution in [0.2, 0.25) is 0 Å². The van der Waals surface area contributed by atoms with E-state index in [2.05, 4.69) is 28.7 Å². The Bertz CT molecular complexity index is 1430. The molecule has 11 heteroatoms. The average Bonchev–Trinajstić information content (AvgIpc) is 3.43. The number of rotatable bonds is 11. The molecule has 4 rings (SSSR count). The van der Waals surface area contributed by atoms with Crippen molar-refractivity contribution in [1.82, 2.24) is 19.7 Å². The van der Waals surface area contributed by atoms with Crippen LogP contribution in [-0.4, -0.2) is 89.7 Å². The number of anilines is 1. The van der Waals surface area contributed by atoms with Crippen LogP contribution in [0.3, 0.4) is 0 Å². The fraction of sp³-hybridized carbons (Fsp3) is 0.387. The first-order chi connectivity index (χ1) is 20.1. The topological polar surface area (TPSA) is 98.2 Å². The molecule has 1 aliphatic heterocycles. The molecule has 3 aromatic rings. The molecule has 0 bridgehead atoms. The first-order valence-electron chi connectivity index (χ1n) is 13.9. The van der Waals surface area contributed by atoms with Crippen molar-refractivity contribution in [2.75, 3.05) is 46.2 Å². The molecule has 9 nitrogen and oxygen atoms in total. The Morgan fingerprint density at radius 2 is 2.10 bits per heavy atom. The molecule has 2 heterocycles. The zero-order valence-corrected chi connectivity index (χ0v) is 26.4. The summed E-state index contributed by atoms with van der Waals surface area (Å²) in [7, 11) is 5.55. The number of aromatic nitrogens is 1. The maximum atomic E-state index is 13.7. The fourth-order valence-corrected chi connectivity index (χ4v) is 6.93. The molecule has 42 heavy (non-hydrogen) atoms. The van der Waals surface area contributed by atoms with Gasteiger partial charge in [0.15, 0.2) is 5.13 Å². The summed E-state index contributed by atoms with van der Waals surface area (Å²) in [6, 6.07) is 11.4. The zero-order chi connectivity index (χ0) is 30.4. The quantitative estimate of drug-likeness (QED) is 0.294. The highest BCUT2D eigenvalue weighted by Crippen LogP contribution is 2.38. The first kappa shape index (κ1) is 31.7. The van der Waals surface area contributed by atoms with Crippen molar-refractivity contribution in [2.24, 2.45) is 0 Å². The van der Waals surface area contributed by atoms with Crippen LogP contribution in [-0.2, 0) is 6.54 Å². The molecule has 1 fully saturated rings. The first-order valence-corrected chi connectivity index (χ1v) is 15.5. The predicted octanol–water partition coefficient (Wildman–Crippen LogP) is 4.97. The number of aliphatic hydroxyl groups excluding tert-OH is 1. The van der Waals surface area contributed by atoms with E-state index in [0.29, 0.717) is 41.6 Å². The maximum absolute atomic E-state index is 13.7. The molecular weight excluding hydrogens is 571 g/mol. The average molecular weight is 610 g/mol. The standard InChI is InChI=1S/C31H39N5O4S2/c1-7-23-19-35(12-13-36(23)27(37)8-2)30(39)24-16-26(20(3)14-25(24)40-6)41-28-17-32-31(42-28)33-29(38)22-11-9-10-21(15-22)18-34(4)5/h8-11,14-17,23,27,37H,2,7,12-13,18-19H2,1,3-6H3,(H,32,33,38)/t23-,27?/m1/s1. The third kappa shape index (κ3) is 7.59. The summed E-state index contributed by atoms with van der Waals surface area (Å²) < 4.78 is 6.50. The van der Waals surface area contributed by atoms with Crippen LogP contribution in [0.1, 0.15) is 45.2 Å². The molecule has 0 saturated carbocycles. The van der Waals surface area contributed by atoms with Gasteiger partial charge in [0.25, 0.3) is 11.8 Å². The highest BCUT2D eigenvalue weighted by Gasteiger charge is 2.32. The van der Waals surface area contributed by atoms with E-state index in [1.54, 1.807) is 19.4 Å². The molecule has 2 amide bonds. The summed E-state index contributed by atoms with van der Waals surface area (Å²) in [5, 5.41) is 13.7. The SMILES string of the molecule is C=CC(O)N1CCN(C(=O)c2cc(Sc3cnc(NC(=O)c4cccc(CN(C)C)c4)s3)c(C)cc2OC)C[C@H]1CC. The van der Waals surface area contributed by atoms with E-state index in [0.717, 1.165) is 33.2 Å². The number of methoxy groups -OCH3 is 1. The lowest BCUT2D eigenvalue weighted by molar-refractivity contribution is -0.0292. The molecule has 0 spiro atoms. The molecule has 0 aliphatic carbocycles. The number of amides is 2. The third-order valence-corrected chi connectivity index (χ3v) is 9.34. The largest absolute Gasteiger partial charge is 0.496 e. The molecular formula is C31H39N5O4S2. The summed E-state index contributed by atoms with van der Waals surface area (Å²) in [5.41, 5.74) is 3.10. The Balaban J connectivity index is 1.48. The Morgan fingerprint density at radius 1 is 1.31 bits per heavy atom. The Kier molecular flexibility index (Phi) is 10.8. The van der Waals surface area contributed by atoms with Crippen LogP contribution in [0, 0.1) is 6.92 Å². The number of ether oxygens (including phenoxy) is 1. The number of nitrogens with zero attached hydrogens (tertiary/aromatic N) is 4. The van der Waals surface area contributed by atoms with Gasteiger partial charge >= 0.3 is 0 Å². The van der Waals surface area contributed by atoms with E-state index in [-0.39, 0.29) is 17.9 Å². The minimum absolute atomic E-state index is 0.0299. The van der Waals surface area contributed by atoms with Gasteiger partial charge in [-0.25, -0.2) is 4.98 Å². The molecule has 1 unspecified atom stereocenters. The maximum Gasteiger partial charge on any atom is 0.257 e. The van der Waals surface area contributed by atoms with E-state index >= 15 is 0 Å². The predicted molar refractivity (Wildman–Crippen MR) is 169 cm³/mol. The second kappa shape index (κ2) is 14.3. The van der Waals surface area contributed by atoms with E-state index in [1.165, 1.54) is 29.2 Å². The van der Waals surface area contributed by atoms with Crippen LogP contribution in [0.5, 0.6) is 5.75 Å². The summed E-state index contributed by atoms with van der Waals surface area (Å²) in [6.45, 7) is 10.0. The van der Waals surface area contributed by atoms with Gasteiger partial charge in [-0.1, -0.05) is 48.7 Å². The van der Waals surface area contributed by atoms with Crippen LogP contribution in [0.4, 0.5) is 5.13 Å². The van der Waals surface area contributed by atoms with Crippen molar-refractivity contribution < 1.29 is 19.4 Å². The molecule has 2 atom stereocenters. The lowest BCUT2D eigenvalue weighted by Gasteiger charge is -2.42. The van der Waals surface area contributed by atoms with Gasteiger partial charge in [0, 0.05) is 42.7 Å². The van der Waals surface area contributed by atoms with Crippen molar-refractivity contribution in [3.05, 3.63) is 77.5 Å². The Labute approximate surface area is 256 Å². The van der Waals surface area contributed by atoms with Crippen molar-refractivity contribution in [3.63, 3.8) is 0 Å². The highest BCUT2D eigenvalue weighted by molar-refractivity contribution is 8.01. The Morgan fingerprint density at radius 3 is 2.79 bits per heavy atom. The number of hydrogen-bond acceptors (Lipinski definition) is 9. The van der Waals surface area contributed by atoms with E-state index in [9.17, 15) is 14.7 Å². The van der Waals surface area contributed by atoms with Crippen molar-refractivity contribution in [1.29, 1.82) is 0 Å². The summed E-state index contributed by atoms with van der Waals surface area (Å²) in [4.78, 5) is 37.8. The van der Waals surface area contributed by atoms with Gasteiger partial charge in [0.05, 0.1) is 23.1 Å². The number of aliphatic hydroxyl groups is 1. The van der Waals surface area contributed by atoms with Gasteiger partial charge in [0.1, 0.15) is 12.0 Å². The number of carbonyl (C=O) groups excluding carboxylic acids is 2. The number of hydrogen-bond donors (Lipinski definition) is 2. The lowest BCUT2D eigenvalue weighted by atomic mass is 10.1. The van der Waals surface area contributed by atoms with Gasteiger partial charge in [-0.05, 0) is 68.9 Å². The Hall–Kier alpha value is -3.22. The van der Waals surface area contributed by atoms with Crippen LogP contribution in [0.25, 0.3) is 0 Å². The molecule has 1 aliphatic rings. The smallest absolute Gasteiger partial charge is 0.257 e. The van der Waals surface area contributed by atoms with Crippen LogP contribution in [0.15, 0.2) is 64.4 Å². The van der Waals surface area contributed by atoms with E-state index < -0.39 is 6.23 Å². The summed E-state index contributed by atoms with van der Waals surface area (Å²) in [6.07, 6.45) is 3.32. The molecule has 2 aromatic carbocycles. The minimum Gasteiger partial charge on any atom is -0.496 e. The lowest BCUT2D eigenvalue weighted by Crippen LogP contribution is -2.57. The second-order valence-electron chi connectivity index (χ2n) is 10.5. The van der Waals surface area contributed by atoms with Gasteiger partial charge in [-0.3, -0.25) is 19.8 Å². The van der Waals surface area contributed by atoms with Gasteiger partial charge in [-0.15, -0.1) is 0 Å². The van der Waals surface area contributed by atoms with Crippen molar-refractivity contribution >= 4 is 40.0 Å².